The zero-order valence-electron chi connectivity index (χ0n) is 10.2. The van der Waals surface area contributed by atoms with Crippen LogP contribution in [0.4, 0.5) is 0 Å². The molecule has 19 heavy (non-hydrogen) atoms. The number of hydrogen-bond donors (Lipinski definition) is 0. The first kappa shape index (κ1) is 12.9. The molecule has 2 aromatic rings. The molecule has 0 radical (unpaired) electrons. The largest absolute Gasteiger partial charge is 0.457 e. The molecule has 0 amide bonds. The Morgan fingerprint density at radius 3 is 2.21 bits per heavy atom. The summed E-state index contributed by atoms with van der Waals surface area (Å²) in [5.74, 6) is -1.01. The second-order valence-electron chi connectivity index (χ2n) is 3.77. The van der Waals surface area contributed by atoms with Crippen LogP contribution in [0, 0.1) is 0 Å². The van der Waals surface area contributed by atoms with Gasteiger partial charge in [-0.25, -0.2) is 9.59 Å². The highest BCUT2D eigenvalue weighted by atomic mass is 16.6. The molecular formula is C13H12O6. The molecule has 0 spiro atoms. The SMILES string of the molecule is CC(COC(=O)c1ccco1)OC(=O)c1ccco1. The van der Waals surface area contributed by atoms with Crippen LogP contribution in [0.5, 0.6) is 0 Å². The second kappa shape index (κ2) is 5.90. The minimum Gasteiger partial charge on any atom is -0.457 e. The lowest BCUT2D eigenvalue weighted by atomic mass is 10.4. The molecule has 6 nitrogen and oxygen atoms in total. The van der Waals surface area contributed by atoms with E-state index >= 15 is 0 Å². The highest BCUT2D eigenvalue weighted by Gasteiger charge is 2.17. The maximum atomic E-state index is 11.5. The Hall–Kier alpha value is -2.50. The van der Waals surface area contributed by atoms with Gasteiger partial charge in [0.1, 0.15) is 12.7 Å². The Bertz CT molecular complexity index is 525. The Labute approximate surface area is 108 Å². The zero-order chi connectivity index (χ0) is 13.7. The van der Waals surface area contributed by atoms with Crippen molar-refractivity contribution in [2.75, 3.05) is 6.61 Å². The fourth-order valence-electron chi connectivity index (χ4n) is 1.33. The number of rotatable bonds is 5. The molecular weight excluding hydrogens is 252 g/mol. The smallest absolute Gasteiger partial charge is 0.374 e. The molecule has 2 heterocycles. The van der Waals surface area contributed by atoms with E-state index in [4.69, 9.17) is 18.3 Å². The fraction of sp³-hybridized carbons (Fsp3) is 0.231. The molecule has 0 bridgehead atoms. The van der Waals surface area contributed by atoms with E-state index in [2.05, 4.69) is 0 Å². The first-order chi connectivity index (χ1) is 9.16. The first-order valence-electron chi connectivity index (χ1n) is 5.62. The summed E-state index contributed by atoms with van der Waals surface area (Å²) in [6, 6.07) is 6.14. The van der Waals surface area contributed by atoms with Gasteiger partial charge < -0.3 is 18.3 Å². The minimum atomic E-state index is -0.606. The molecule has 2 rings (SSSR count). The maximum Gasteiger partial charge on any atom is 0.374 e. The number of furan rings is 2. The van der Waals surface area contributed by atoms with Crippen molar-refractivity contribution >= 4 is 11.9 Å². The molecule has 0 saturated carbocycles. The normalized spacial score (nSPS) is 11.8. The summed E-state index contributed by atoms with van der Waals surface area (Å²) < 4.78 is 19.7. The van der Waals surface area contributed by atoms with Gasteiger partial charge in [0.05, 0.1) is 12.5 Å². The monoisotopic (exact) mass is 264 g/mol. The lowest BCUT2D eigenvalue weighted by Crippen LogP contribution is -2.22. The van der Waals surface area contributed by atoms with Crippen LogP contribution in [0.2, 0.25) is 0 Å². The van der Waals surface area contributed by atoms with Crippen molar-refractivity contribution < 1.29 is 27.9 Å². The van der Waals surface area contributed by atoms with Crippen LogP contribution in [0.25, 0.3) is 0 Å². The van der Waals surface area contributed by atoms with Crippen LogP contribution < -0.4 is 0 Å². The van der Waals surface area contributed by atoms with Crippen LogP contribution in [-0.2, 0) is 9.47 Å². The Morgan fingerprint density at radius 2 is 1.68 bits per heavy atom. The molecule has 1 atom stereocenters. The van der Waals surface area contributed by atoms with E-state index in [0.29, 0.717) is 0 Å². The second-order valence-corrected chi connectivity index (χ2v) is 3.77. The van der Waals surface area contributed by atoms with Crippen LogP contribution in [0.3, 0.4) is 0 Å². The summed E-state index contributed by atoms with van der Waals surface area (Å²) in [6.07, 6.45) is 2.16. The lowest BCUT2D eigenvalue weighted by Gasteiger charge is -2.11. The molecule has 0 N–H and O–H groups in total. The van der Waals surface area contributed by atoms with Gasteiger partial charge in [-0.3, -0.25) is 0 Å². The summed E-state index contributed by atoms with van der Waals surface area (Å²) in [5, 5.41) is 0. The van der Waals surface area contributed by atoms with E-state index in [1.807, 2.05) is 0 Å². The summed E-state index contributed by atoms with van der Waals surface area (Å²) in [5.41, 5.74) is 0. The Morgan fingerprint density at radius 1 is 1.11 bits per heavy atom. The van der Waals surface area contributed by atoms with Gasteiger partial charge in [0.2, 0.25) is 11.5 Å². The van der Waals surface area contributed by atoms with Crippen molar-refractivity contribution in [2.24, 2.45) is 0 Å². The molecule has 100 valence electrons. The highest BCUT2D eigenvalue weighted by Crippen LogP contribution is 2.07. The number of carbonyl (C=O) groups is 2. The average Bonchev–Trinajstić information content (AvgIpc) is 3.07. The van der Waals surface area contributed by atoms with E-state index in [1.165, 1.54) is 24.7 Å². The standard InChI is InChI=1S/C13H12O6/c1-9(19-13(15)11-5-3-7-17-11)8-18-12(14)10-4-2-6-16-10/h2-7,9H,8H2,1H3. The van der Waals surface area contributed by atoms with Crippen LogP contribution in [0.15, 0.2) is 45.6 Å². The van der Waals surface area contributed by atoms with Crippen LogP contribution in [0.1, 0.15) is 28.0 Å². The van der Waals surface area contributed by atoms with E-state index in [0.717, 1.165) is 0 Å². The first-order valence-corrected chi connectivity index (χ1v) is 5.62. The van der Waals surface area contributed by atoms with Crippen molar-refractivity contribution in [2.45, 2.75) is 13.0 Å². The van der Waals surface area contributed by atoms with Gasteiger partial charge in [0.15, 0.2) is 0 Å². The number of esters is 2. The maximum absolute atomic E-state index is 11.5. The summed E-state index contributed by atoms with van der Waals surface area (Å²) in [7, 11) is 0. The molecule has 0 aliphatic heterocycles. The number of carbonyl (C=O) groups excluding carboxylic acids is 2. The summed E-state index contributed by atoms with van der Waals surface area (Å²) in [6.45, 7) is 1.54. The molecule has 0 aliphatic rings. The zero-order valence-corrected chi connectivity index (χ0v) is 10.2. The van der Waals surface area contributed by atoms with Gasteiger partial charge in [-0.1, -0.05) is 0 Å². The van der Waals surface area contributed by atoms with E-state index in [1.54, 1.807) is 19.1 Å². The van der Waals surface area contributed by atoms with Crippen molar-refractivity contribution in [3.05, 3.63) is 48.3 Å². The van der Waals surface area contributed by atoms with E-state index < -0.39 is 18.0 Å². The minimum absolute atomic E-state index is 0.0635. The molecule has 6 heteroatoms. The third-order valence-corrected chi connectivity index (χ3v) is 2.20. The van der Waals surface area contributed by atoms with E-state index in [-0.39, 0.29) is 18.1 Å². The van der Waals surface area contributed by atoms with Crippen molar-refractivity contribution in [1.29, 1.82) is 0 Å². The van der Waals surface area contributed by atoms with Gasteiger partial charge in [0, 0.05) is 0 Å². The van der Waals surface area contributed by atoms with Gasteiger partial charge in [-0.05, 0) is 31.2 Å². The van der Waals surface area contributed by atoms with Crippen molar-refractivity contribution in [3.8, 4) is 0 Å². The van der Waals surface area contributed by atoms with Crippen LogP contribution in [-0.4, -0.2) is 24.6 Å². The van der Waals surface area contributed by atoms with Crippen molar-refractivity contribution in [1.82, 2.24) is 0 Å². The average molecular weight is 264 g/mol. The van der Waals surface area contributed by atoms with Gasteiger partial charge in [-0.15, -0.1) is 0 Å². The summed E-state index contributed by atoms with van der Waals surface area (Å²) in [4.78, 5) is 23.0. The predicted octanol–water partition coefficient (Wildman–Crippen LogP) is 2.27. The topological polar surface area (TPSA) is 78.9 Å². The molecule has 0 saturated heterocycles. The molecule has 1 unspecified atom stereocenters. The molecule has 0 aromatic carbocycles. The van der Waals surface area contributed by atoms with Gasteiger partial charge in [0.25, 0.3) is 0 Å². The Balaban J connectivity index is 1.77. The van der Waals surface area contributed by atoms with Crippen LogP contribution >= 0.6 is 0 Å². The Kier molecular flexibility index (Phi) is 4.02. The summed E-state index contributed by atoms with van der Waals surface area (Å²) >= 11 is 0. The number of ether oxygens (including phenoxy) is 2. The van der Waals surface area contributed by atoms with Gasteiger partial charge in [-0.2, -0.15) is 0 Å². The van der Waals surface area contributed by atoms with Gasteiger partial charge >= 0.3 is 11.9 Å². The quantitative estimate of drug-likeness (QED) is 0.771. The third-order valence-electron chi connectivity index (χ3n) is 2.20. The van der Waals surface area contributed by atoms with Crippen molar-refractivity contribution in [3.63, 3.8) is 0 Å². The number of hydrogen-bond acceptors (Lipinski definition) is 6. The van der Waals surface area contributed by atoms with E-state index in [9.17, 15) is 9.59 Å². The molecule has 0 fully saturated rings. The highest BCUT2D eigenvalue weighted by molar-refractivity contribution is 5.87. The lowest BCUT2D eigenvalue weighted by molar-refractivity contribution is 0.00109. The third kappa shape index (κ3) is 3.48. The molecule has 0 aliphatic carbocycles. The molecule has 2 aromatic heterocycles. The predicted molar refractivity (Wildman–Crippen MR) is 62.6 cm³/mol. The fourth-order valence-corrected chi connectivity index (χ4v) is 1.33.